The Kier molecular flexibility index (Phi) is 12.0. The maximum Gasteiger partial charge on any atom is 0.508 e. The number of fused-ring (bicyclic) bond motifs is 3. The van der Waals surface area contributed by atoms with Crippen LogP contribution in [-0.2, 0) is 19.1 Å². The Bertz CT molecular complexity index is 1020. The second kappa shape index (κ2) is 16.5. The third kappa shape index (κ3) is 9.49. The molecule has 8 nitrogen and oxygen atoms in total. The molecule has 8 heteroatoms. The Morgan fingerprint density at radius 3 is 2.05 bits per heavy atom. The molecule has 2 amide bonds. The van der Waals surface area contributed by atoms with Crippen LogP contribution in [0.25, 0.3) is 11.1 Å². The normalized spacial score (nSPS) is 13.0. The Balaban J connectivity index is 0.00000274. The highest BCUT2D eigenvalue weighted by Crippen LogP contribution is 2.44. The number of aliphatic hydroxyl groups excluding tert-OH is 1. The van der Waals surface area contributed by atoms with Crippen molar-refractivity contribution in [3.05, 3.63) is 59.7 Å². The van der Waals surface area contributed by atoms with Crippen LogP contribution in [0.2, 0.25) is 0 Å². The summed E-state index contributed by atoms with van der Waals surface area (Å²) in [6.07, 6.45) is 2.56. The van der Waals surface area contributed by atoms with Gasteiger partial charge in [0.15, 0.2) is 0 Å². The molecule has 3 N–H and O–H groups in total. The molecule has 3 rings (SSSR count). The summed E-state index contributed by atoms with van der Waals surface area (Å²) in [5.41, 5.74) is 4.64. The average molecular weight is 530 g/mol. The lowest BCUT2D eigenvalue weighted by atomic mass is 9.98. The van der Waals surface area contributed by atoms with Crippen molar-refractivity contribution in [3.63, 3.8) is 0 Å². The molecule has 0 saturated heterocycles. The van der Waals surface area contributed by atoms with Gasteiger partial charge in [0.05, 0.1) is 6.61 Å². The fourth-order valence-corrected chi connectivity index (χ4v) is 4.39. The highest BCUT2D eigenvalue weighted by atomic mass is 16.7. The van der Waals surface area contributed by atoms with E-state index in [4.69, 9.17) is 12.3 Å². The molecule has 0 aromatic heterocycles. The number of aliphatic hydroxyl groups is 1. The highest BCUT2D eigenvalue weighted by Gasteiger charge is 2.29. The molecule has 38 heavy (non-hydrogen) atoms. The summed E-state index contributed by atoms with van der Waals surface area (Å²) in [7, 11) is 1.25. The van der Waals surface area contributed by atoms with Gasteiger partial charge in [0.1, 0.15) is 6.61 Å². The fourth-order valence-electron chi connectivity index (χ4n) is 4.39. The van der Waals surface area contributed by atoms with Crippen molar-refractivity contribution in [1.29, 1.82) is 1.43 Å². The van der Waals surface area contributed by atoms with Gasteiger partial charge in [0, 0.05) is 39.8 Å². The van der Waals surface area contributed by atoms with Crippen LogP contribution in [0.4, 0.5) is 4.79 Å². The predicted octanol–water partition coefficient (Wildman–Crippen LogP) is 4.79. The number of rotatable bonds is 16. The highest BCUT2D eigenvalue weighted by molar-refractivity contribution is 5.79. The first kappa shape index (κ1) is 27.6. The van der Waals surface area contributed by atoms with Crippen LogP contribution in [0.3, 0.4) is 0 Å². The van der Waals surface area contributed by atoms with Crippen LogP contribution in [0.1, 0.15) is 71.3 Å². The largest absolute Gasteiger partial charge is 0.508 e. The van der Waals surface area contributed by atoms with Crippen molar-refractivity contribution in [2.75, 3.05) is 32.9 Å². The second-order valence-corrected chi connectivity index (χ2v) is 9.47. The molecule has 0 spiro atoms. The fraction of sp³-hybridized carbons (Fsp3) is 0.500. The van der Waals surface area contributed by atoms with Crippen molar-refractivity contribution in [3.8, 4) is 11.1 Å². The molecule has 1 aliphatic rings. The Labute approximate surface area is 229 Å². The number of carbonyl (C=O) groups excluding carboxylic acids is 3. The molecule has 2 aromatic rings. The van der Waals surface area contributed by atoms with E-state index in [9.17, 15) is 14.4 Å². The molecule has 1 unspecified atom stereocenters. The van der Waals surface area contributed by atoms with Crippen LogP contribution in [-0.4, -0.2) is 57.4 Å². The van der Waals surface area contributed by atoms with Gasteiger partial charge >= 0.3 is 6.16 Å². The monoisotopic (exact) mass is 529 g/mol. The van der Waals surface area contributed by atoms with Gasteiger partial charge < -0.3 is 25.2 Å². The topological polar surface area (TPSA) is 114 Å². The molecular weight excluding hydrogens is 484 g/mol. The number of ether oxygens (including phenoxy) is 2. The van der Waals surface area contributed by atoms with Crippen molar-refractivity contribution in [2.24, 2.45) is 5.92 Å². The van der Waals surface area contributed by atoms with Gasteiger partial charge in [-0.25, -0.2) is 4.79 Å². The van der Waals surface area contributed by atoms with Gasteiger partial charge in [-0.05, 0) is 53.9 Å². The van der Waals surface area contributed by atoms with Crippen LogP contribution in [0.5, 0.6) is 0 Å². The molecule has 0 heterocycles. The first-order valence-electron chi connectivity index (χ1n) is 14.5. The molecule has 0 fully saturated rings. The van der Waals surface area contributed by atoms with Crippen molar-refractivity contribution >= 4 is 18.0 Å². The molecule has 0 aliphatic heterocycles. The van der Waals surface area contributed by atoms with E-state index in [0.29, 0.717) is 58.2 Å². The molecule has 1 atom stereocenters. The molecular formula is C30H42N2O6. The van der Waals surface area contributed by atoms with Crippen molar-refractivity contribution < 1.29 is 30.3 Å². The summed E-state index contributed by atoms with van der Waals surface area (Å²) in [4.78, 5) is 36.0. The quantitative estimate of drug-likeness (QED) is 0.213. The Morgan fingerprint density at radius 2 is 1.47 bits per heavy atom. The number of hydrogen-bond donors (Lipinski definition) is 3. The van der Waals surface area contributed by atoms with E-state index in [1.54, 1.807) is 0 Å². The lowest BCUT2D eigenvalue weighted by molar-refractivity contribution is -0.121. The number of amides is 2. The molecule has 0 saturated carbocycles. The first-order valence-corrected chi connectivity index (χ1v) is 13.1. The summed E-state index contributed by atoms with van der Waals surface area (Å²) in [5, 5.41) is 9.95. The second-order valence-electron chi connectivity index (χ2n) is 9.47. The van der Waals surface area contributed by atoms with E-state index in [-0.39, 0.29) is 36.9 Å². The smallest absolute Gasteiger partial charge is 0.434 e. The van der Waals surface area contributed by atoms with Gasteiger partial charge in [-0.2, -0.15) is 0 Å². The van der Waals surface area contributed by atoms with Crippen LogP contribution in [0, 0.1) is 5.92 Å². The third-order valence-corrected chi connectivity index (χ3v) is 6.44. The van der Waals surface area contributed by atoms with E-state index in [2.05, 4.69) is 40.0 Å². The van der Waals surface area contributed by atoms with Gasteiger partial charge in [0.25, 0.3) is 0 Å². The summed E-state index contributed by atoms with van der Waals surface area (Å²) < 4.78 is 23.0. The SMILES string of the molecule is [2H]OCCCCC(=O)NCC(C)CNC(=O)CCCCOC(=O)OCC1c2ccccc2-c2ccccc21.[3H]C. The zero-order chi connectivity index (χ0) is 29.2. The van der Waals surface area contributed by atoms with Crippen LogP contribution < -0.4 is 10.6 Å². The van der Waals surface area contributed by atoms with Crippen molar-refractivity contribution in [1.82, 2.24) is 10.6 Å². The van der Waals surface area contributed by atoms with E-state index in [0.717, 1.165) is 11.1 Å². The molecule has 2 aromatic carbocycles. The molecule has 208 valence electrons. The number of unbranched alkanes of at least 4 members (excludes halogenated alkanes) is 2. The molecule has 0 bridgehead atoms. The third-order valence-electron chi connectivity index (χ3n) is 6.44. The number of carbonyl (C=O) groups is 3. The van der Waals surface area contributed by atoms with Crippen molar-refractivity contribution in [2.45, 2.75) is 58.8 Å². The van der Waals surface area contributed by atoms with Crippen LogP contribution in [0.15, 0.2) is 48.5 Å². The minimum atomic E-state index is -0.697. The number of hydrogen-bond acceptors (Lipinski definition) is 6. The van der Waals surface area contributed by atoms with Crippen LogP contribution >= 0.6 is 0 Å². The van der Waals surface area contributed by atoms with Gasteiger partial charge in [0.2, 0.25) is 13.2 Å². The summed E-state index contributed by atoms with van der Waals surface area (Å²) in [6, 6.07) is 16.3. The molecule has 1 aliphatic carbocycles. The predicted molar refractivity (Wildman–Crippen MR) is 148 cm³/mol. The van der Waals surface area contributed by atoms with E-state index in [1.165, 1.54) is 18.5 Å². The Morgan fingerprint density at radius 1 is 0.921 bits per heavy atom. The maximum atomic E-state index is 12.1. The minimum Gasteiger partial charge on any atom is -0.434 e. The zero-order valence-corrected chi connectivity index (χ0v) is 22.5. The minimum absolute atomic E-state index is 0.0106. The molecule has 0 radical (unpaired) electrons. The summed E-state index contributed by atoms with van der Waals surface area (Å²) in [5.74, 6) is -0.00999. The van der Waals surface area contributed by atoms with E-state index >= 15 is 0 Å². The van der Waals surface area contributed by atoms with Gasteiger partial charge in [-0.3, -0.25) is 9.59 Å². The number of benzene rings is 2. The maximum absolute atomic E-state index is 12.1. The lowest BCUT2D eigenvalue weighted by Crippen LogP contribution is -2.35. The van der Waals surface area contributed by atoms with Gasteiger partial charge in [-0.1, -0.05) is 62.9 Å². The summed E-state index contributed by atoms with van der Waals surface area (Å²) >= 11 is 0. The van der Waals surface area contributed by atoms with E-state index < -0.39 is 6.16 Å². The first-order chi connectivity index (χ1) is 19.5. The van der Waals surface area contributed by atoms with Gasteiger partial charge in [-0.15, -0.1) is 0 Å². The standard InChI is InChI=1S/C29H38N2O6.CH4/c1-21(18-30-27(33)14-6-8-16-32)19-31-28(34)15-7-9-17-36-29(35)37-20-26-24-12-4-2-10-22(24)23-11-3-5-13-25(23)26;/h2-5,10-13,21,26,32H,6-9,14-20H2,1H3,(H,30,33)(H,31,34);1H4/i32D;1T. The average Bonchev–Trinajstić information content (AvgIpc) is 3.30. The Hall–Kier alpha value is -3.39. The van der Waals surface area contributed by atoms with E-state index in [1.807, 2.05) is 31.2 Å². The number of nitrogens with one attached hydrogen (secondary N) is 2. The summed E-state index contributed by atoms with van der Waals surface area (Å²) in [6.45, 7) is 3.66. The zero-order valence-electron chi connectivity index (χ0n) is 24.5. The lowest BCUT2D eigenvalue weighted by Gasteiger charge is -2.14.